The van der Waals surface area contributed by atoms with E-state index >= 15 is 0 Å². The molecule has 1 aliphatic rings. The van der Waals surface area contributed by atoms with Crippen LogP contribution in [0.1, 0.15) is 25.7 Å². The quantitative estimate of drug-likeness (QED) is 0.481. The maximum Gasteiger partial charge on any atom is 0.248 e. The van der Waals surface area contributed by atoms with Crippen molar-refractivity contribution in [1.82, 2.24) is 0 Å². The van der Waals surface area contributed by atoms with Gasteiger partial charge in [0.15, 0.2) is 0 Å². The second-order valence-electron chi connectivity index (χ2n) is 3.33. The number of nitro groups is 1. The monoisotopic (exact) mass is 179 g/mol. The van der Waals surface area contributed by atoms with Gasteiger partial charge in [0.05, 0.1) is 0 Å². The Hall–Kier alpha value is -0.740. The number of hydrogen-bond donors (Lipinski definition) is 0. The Balaban J connectivity index is 2.41. The largest absolute Gasteiger partial charge is 0.265 e. The van der Waals surface area contributed by atoms with Crippen molar-refractivity contribution in [2.24, 2.45) is 5.92 Å². The lowest BCUT2D eigenvalue weighted by atomic mass is 9.87. The zero-order valence-electron chi connectivity index (χ0n) is 6.63. The summed E-state index contributed by atoms with van der Waals surface area (Å²) in [6, 6.07) is 0. The van der Waals surface area contributed by atoms with E-state index in [1.54, 1.807) is 0 Å². The summed E-state index contributed by atoms with van der Waals surface area (Å²) in [5, 5.41) is 10.0. The zero-order chi connectivity index (χ0) is 9.19. The van der Waals surface area contributed by atoms with Crippen LogP contribution in [-0.4, -0.2) is 17.4 Å². The Labute approximate surface area is 68.9 Å². The molecule has 0 aromatic carbocycles. The molecule has 70 valence electrons. The molecule has 1 aliphatic carbocycles. The predicted octanol–water partition coefficient (Wildman–Crippen LogP) is 2.09. The van der Waals surface area contributed by atoms with Crippen LogP contribution in [0.2, 0.25) is 0 Å². The van der Waals surface area contributed by atoms with Crippen LogP contribution in [0.5, 0.6) is 0 Å². The van der Waals surface area contributed by atoms with Crippen LogP contribution in [0, 0.1) is 16.0 Å². The normalized spacial score (nSPS) is 28.3. The number of nitrogens with zero attached hydrogens (tertiary/aromatic N) is 1. The van der Waals surface area contributed by atoms with Crippen LogP contribution in [0.4, 0.5) is 8.78 Å². The van der Waals surface area contributed by atoms with E-state index in [2.05, 4.69) is 0 Å². The minimum Gasteiger partial charge on any atom is -0.265 e. The highest BCUT2D eigenvalue weighted by atomic mass is 19.3. The molecule has 0 aromatic heterocycles. The van der Waals surface area contributed by atoms with Crippen LogP contribution in [0.3, 0.4) is 0 Å². The molecular formula is C7H11F2NO2. The van der Waals surface area contributed by atoms with Gasteiger partial charge in [-0.15, -0.1) is 0 Å². The lowest BCUT2D eigenvalue weighted by molar-refractivity contribution is -0.490. The average Bonchev–Trinajstić information content (AvgIpc) is 1.82. The summed E-state index contributed by atoms with van der Waals surface area (Å²) in [5.41, 5.74) is 0. The van der Waals surface area contributed by atoms with Crippen LogP contribution in [0.15, 0.2) is 0 Å². The van der Waals surface area contributed by atoms with Gasteiger partial charge in [0, 0.05) is 23.7 Å². The molecular weight excluding hydrogens is 168 g/mol. The van der Waals surface area contributed by atoms with Crippen LogP contribution < -0.4 is 0 Å². The summed E-state index contributed by atoms with van der Waals surface area (Å²) in [6.07, 6.45) is 0.553. The first-order chi connectivity index (χ1) is 5.49. The lowest BCUT2D eigenvalue weighted by Crippen LogP contribution is -2.29. The van der Waals surface area contributed by atoms with E-state index in [-0.39, 0.29) is 19.4 Å². The number of alkyl halides is 2. The van der Waals surface area contributed by atoms with E-state index in [0.717, 1.165) is 0 Å². The molecule has 3 nitrogen and oxygen atoms in total. The van der Waals surface area contributed by atoms with Gasteiger partial charge in [-0.05, 0) is 12.8 Å². The summed E-state index contributed by atoms with van der Waals surface area (Å²) in [5.74, 6) is -3.09. The smallest absolute Gasteiger partial charge is 0.248 e. The van der Waals surface area contributed by atoms with Crippen LogP contribution in [0.25, 0.3) is 0 Å². The molecule has 1 atom stereocenters. The third kappa shape index (κ3) is 2.71. The van der Waals surface area contributed by atoms with Crippen molar-refractivity contribution in [3.8, 4) is 0 Å². The molecule has 0 saturated heterocycles. The molecule has 0 aromatic rings. The highest BCUT2D eigenvalue weighted by molar-refractivity contribution is 4.77. The van der Waals surface area contributed by atoms with E-state index in [1.165, 1.54) is 0 Å². The topological polar surface area (TPSA) is 43.1 Å². The highest BCUT2D eigenvalue weighted by Crippen LogP contribution is 2.36. The van der Waals surface area contributed by atoms with E-state index < -0.39 is 16.8 Å². The first-order valence-corrected chi connectivity index (χ1v) is 3.99. The van der Waals surface area contributed by atoms with Gasteiger partial charge in [0.25, 0.3) is 0 Å². The SMILES string of the molecule is O=[N+]([O-])CC1CCCC(F)(F)C1. The Morgan fingerprint density at radius 2 is 2.25 bits per heavy atom. The predicted molar refractivity (Wildman–Crippen MR) is 38.8 cm³/mol. The van der Waals surface area contributed by atoms with Crippen molar-refractivity contribution in [1.29, 1.82) is 0 Å². The molecule has 1 saturated carbocycles. The molecule has 0 spiro atoms. The van der Waals surface area contributed by atoms with Crippen LogP contribution >= 0.6 is 0 Å². The molecule has 0 radical (unpaired) electrons. The summed E-state index contributed by atoms with van der Waals surface area (Å²) >= 11 is 0. The zero-order valence-corrected chi connectivity index (χ0v) is 6.63. The fraction of sp³-hybridized carbons (Fsp3) is 1.00. The van der Waals surface area contributed by atoms with Gasteiger partial charge in [-0.25, -0.2) is 8.78 Å². The molecule has 1 unspecified atom stereocenters. The van der Waals surface area contributed by atoms with E-state index in [1.807, 2.05) is 0 Å². The maximum absolute atomic E-state index is 12.7. The Bertz CT molecular complexity index is 184. The number of rotatable bonds is 2. The van der Waals surface area contributed by atoms with Crippen molar-refractivity contribution in [2.75, 3.05) is 6.54 Å². The molecule has 0 bridgehead atoms. The van der Waals surface area contributed by atoms with Crippen molar-refractivity contribution in [3.05, 3.63) is 10.1 Å². The van der Waals surface area contributed by atoms with Gasteiger partial charge >= 0.3 is 0 Å². The molecule has 12 heavy (non-hydrogen) atoms. The Morgan fingerprint density at radius 1 is 1.58 bits per heavy atom. The van der Waals surface area contributed by atoms with E-state index in [9.17, 15) is 18.9 Å². The molecule has 0 amide bonds. The van der Waals surface area contributed by atoms with E-state index in [0.29, 0.717) is 12.8 Å². The third-order valence-electron chi connectivity index (χ3n) is 2.15. The van der Waals surface area contributed by atoms with Gasteiger partial charge < -0.3 is 0 Å². The van der Waals surface area contributed by atoms with Gasteiger partial charge in [0.1, 0.15) is 0 Å². The first kappa shape index (κ1) is 9.35. The average molecular weight is 179 g/mol. The summed E-state index contributed by atoms with van der Waals surface area (Å²) in [7, 11) is 0. The van der Waals surface area contributed by atoms with Crippen molar-refractivity contribution in [3.63, 3.8) is 0 Å². The minimum atomic E-state index is -2.67. The van der Waals surface area contributed by atoms with Gasteiger partial charge in [0.2, 0.25) is 12.5 Å². The fourth-order valence-electron chi connectivity index (χ4n) is 1.64. The summed E-state index contributed by atoms with van der Waals surface area (Å²) in [6.45, 7) is -0.310. The molecule has 0 heterocycles. The van der Waals surface area contributed by atoms with Crippen molar-refractivity contribution < 1.29 is 13.7 Å². The third-order valence-corrected chi connectivity index (χ3v) is 2.15. The highest BCUT2D eigenvalue weighted by Gasteiger charge is 2.37. The maximum atomic E-state index is 12.7. The standard InChI is InChI=1S/C7H11F2NO2/c8-7(9)3-1-2-6(4-7)5-10(11)12/h6H,1-5H2. The lowest BCUT2D eigenvalue weighted by Gasteiger charge is -2.26. The number of halogens is 2. The Kier molecular flexibility index (Phi) is 2.59. The second kappa shape index (κ2) is 3.33. The van der Waals surface area contributed by atoms with Crippen molar-refractivity contribution in [2.45, 2.75) is 31.6 Å². The second-order valence-corrected chi connectivity index (χ2v) is 3.33. The van der Waals surface area contributed by atoms with Gasteiger partial charge in [-0.2, -0.15) is 0 Å². The van der Waals surface area contributed by atoms with Gasteiger partial charge in [-0.3, -0.25) is 10.1 Å². The van der Waals surface area contributed by atoms with Crippen LogP contribution in [-0.2, 0) is 0 Å². The number of hydrogen-bond acceptors (Lipinski definition) is 2. The summed E-state index contributed by atoms with van der Waals surface area (Å²) < 4.78 is 25.4. The molecule has 1 rings (SSSR count). The minimum absolute atomic E-state index is 0.110. The fourth-order valence-corrected chi connectivity index (χ4v) is 1.64. The van der Waals surface area contributed by atoms with Gasteiger partial charge in [-0.1, -0.05) is 0 Å². The summed E-state index contributed by atoms with van der Waals surface area (Å²) in [4.78, 5) is 9.53. The molecule has 1 fully saturated rings. The molecule has 0 N–H and O–H groups in total. The molecule has 5 heteroatoms. The van der Waals surface area contributed by atoms with Crippen molar-refractivity contribution >= 4 is 0 Å². The molecule has 0 aliphatic heterocycles. The Morgan fingerprint density at radius 3 is 2.75 bits per heavy atom. The first-order valence-electron chi connectivity index (χ1n) is 3.99. The van der Waals surface area contributed by atoms with E-state index in [4.69, 9.17) is 0 Å².